The highest BCUT2D eigenvalue weighted by molar-refractivity contribution is 9.10. The number of halogens is 1. The summed E-state index contributed by atoms with van der Waals surface area (Å²) in [5, 5.41) is 0. The second kappa shape index (κ2) is 3.90. The van der Waals surface area contributed by atoms with Gasteiger partial charge in [-0.3, -0.25) is 0 Å². The minimum absolute atomic E-state index is 0.503. The lowest BCUT2D eigenvalue weighted by molar-refractivity contribution is 0.857. The summed E-state index contributed by atoms with van der Waals surface area (Å²) < 4.78 is 1.13. The van der Waals surface area contributed by atoms with Crippen molar-refractivity contribution in [2.75, 3.05) is 0 Å². The maximum atomic E-state index is 4.06. The molecule has 0 aliphatic heterocycles. The molecule has 12 heavy (non-hydrogen) atoms. The van der Waals surface area contributed by atoms with Gasteiger partial charge in [0.25, 0.3) is 0 Å². The Morgan fingerprint density at radius 2 is 1.92 bits per heavy atom. The van der Waals surface area contributed by atoms with Gasteiger partial charge in [0.05, 0.1) is 0 Å². The first-order chi connectivity index (χ1) is 5.63. The maximum absolute atomic E-state index is 4.06. The highest BCUT2D eigenvalue weighted by atomic mass is 79.9. The molecule has 0 aliphatic carbocycles. The topological polar surface area (TPSA) is 0 Å². The highest BCUT2D eigenvalue weighted by Gasteiger charge is 2.05. The van der Waals surface area contributed by atoms with Gasteiger partial charge in [0.2, 0.25) is 0 Å². The Labute approximate surface area is 82.4 Å². The Balaban J connectivity index is 3.03. The molecule has 1 heteroatoms. The molecule has 0 atom stereocenters. The average Bonchev–Trinajstić information content (AvgIpc) is 2.04. The Kier molecular flexibility index (Phi) is 3.10. The van der Waals surface area contributed by atoms with Crippen LogP contribution in [0.5, 0.6) is 0 Å². The van der Waals surface area contributed by atoms with Crippen molar-refractivity contribution in [3.05, 3.63) is 40.9 Å². The summed E-state index contributed by atoms with van der Waals surface area (Å²) in [5.41, 5.74) is 2.40. The van der Waals surface area contributed by atoms with E-state index in [2.05, 4.69) is 42.4 Å². The summed E-state index contributed by atoms with van der Waals surface area (Å²) in [5.74, 6) is 0.503. The molecular weight excluding hydrogens is 212 g/mol. The molecule has 1 rings (SSSR count). The van der Waals surface area contributed by atoms with E-state index in [1.54, 1.807) is 0 Å². The van der Waals surface area contributed by atoms with Crippen LogP contribution in [-0.4, -0.2) is 0 Å². The van der Waals surface area contributed by atoms with Gasteiger partial charge in [0.15, 0.2) is 0 Å². The van der Waals surface area contributed by atoms with Gasteiger partial charge < -0.3 is 0 Å². The van der Waals surface area contributed by atoms with Crippen LogP contribution in [0.3, 0.4) is 0 Å². The molecule has 0 saturated carbocycles. The lowest BCUT2D eigenvalue weighted by Crippen LogP contribution is -1.92. The molecule has 0 saturated heterocycles. The number of benzene rings is 1. The summed E-state index contributed by atoms with van der Waals surface area (Å²) in [4.78, 5) is 0. The fourth-order valence-corrected chi connectivity index (χ4v) is 1.57. The molecule has 0 spiro atoms. The summed E-state index contributed by atoms with van der Waals surface area (Å²) in [6.45, 7) is 8.36. The first-order valence-electron chi connectivity index (χ1n) is 4.06. The molecule has 0 N–H and O–H groups in total. The Morgan fingerprint density at radius 3 is 2.42 bits per heavy atom. The summed E-state index contributed by atoms with van der Waals surface area (Å²) in [7, 11) is 0. The SMILES string of the molecule is C=C(c1ccccc1Br)C(C)C. The van der Waals surface area contributed by atoms with Crippen molar-refractivity contribution in [3.8, 4) is 0 Å². The van der Waals surface area contributed by atoms with Crippen LogP contribution >= 0.6 is 15.9 Å². The molecular formula is C11H13Br. The minimum atomic E-state index is 0.503. The van der Waals surface area contributed by atoms with Crippen molar-refractivity contribution in [3.63, 3.8) is 0 Å². The van der Waals surface area contributed by atoms with E-state index in [-0.39, 0.29) is 0 Å². The lowest BCUT2D eigenvalue weighted by atomic mass is 9.97. The van der Waals surface area contributed by atoms with Gasteiger partial charge in [-0.2, -0.15) is 0 Å². The first kappa shape index (κ1) is 9.53. The van der Waals surface area contributed by atoms with Crippen LogP contribution in [0.2, 0.25) is 0 Å². The third-order valence-corrected chi connectivity index (χ3v) is 2.61. The van der Waals surface area contributed by atoms with Crippen LogP contribution in [0.15, 0.2) is 35.3 Å². The molecule has 64 valence electrons. The van der Waals surface area contributed by atoms with E-state index in [1.807, 2.05) is 18.2 Å². The Hall–Kier alpha value is -0.560. The van der Waals surface area contributed by atoms with Gasteiger partial charge in [-0.25, -0.2) is 0 Å². The highest BCUT2D eigenvalue weighted by Crippen LogP contribution is 2.27. The monoisotopic (exact) mass is 224 g/mol. The van der Waals surface area contributed by atoms with Crippen molar-refractivity contribution >= 4 is 21.5 Å². The molecule has 0 bridgehead atoms. The predicted molar refractivity (Wildman–Crippen MR) is 58.0 cm³/mol. The van der Waals surface area contributed by atoms with E-state index in [1.165, 1.54) is 11.1 Å². The summed E-state index contributed by atoms with van der Waals surface area (Å²) in [6, 6.07) is 8.18. The van der Waals surface area contributed by atoms with Crippen molar-refractivity contribution < 1.29 is 0 Å². The van der Waals surface area contributed by atoms with Crippen LogP contribution in [0.25, 0.3) is 5.57 Å². The smallest absolute Gasteiger partial charge is 0.0250 e. The maximum Gasteiger partial charge on any atom is 0.0250 e. The van der Waals surface area contributed by atoms with Crippen LogP contribution in [0.1, 0.15) is 19.4 Å². The van der Waals surface area contributed by atoms with E-state index >= 15 is 0 Å². The zero-order chi connectivity index (χ0) is 9.14. The summed E-state index contributed by atoms with van der Waals surface area (Å²) in [6.07, 6.45) is 0. The lowest BCUT2D eigenvalue weighted by Gasteiger charge is -2.10. The van der Waals surface area contributed by atoms with E-state index in [0.29, 0.717) is 5.92 Å². The van der Waals surface area contributed by atoms with Crippen molar-refractivity contribution in [1.29, 1.82) is 0 Å². The zero-order valence-corrected chi connectivity index (χ0v) is 9.06. The standard InChI is InChI=1S/C11H13Br/c1-8(2)9(3)10-6-4-5-7-11(10)12/h4-8H,3H2,1-2H3. The first-order valence-corrected chi connectivity index (χ1v) is 4.86. The van der Waals surface area contributed by atoms with Gasteiger partial charge >= 0.3 is 0 Å². The normalized spacial score (nSPS) is 10.3. The van der Waals surface area contributed by atoms with Gasteiger partial charge in [-0.15, -0.1) is 0 Å². The summed E-state index contributed by atoms with van der Waals surface area (Å²) >= 11 is 3.50. The Bertz CT molecular complexity index is 287. The third-order valence-electron chi connectivity index (χ3n) is 1.92. The fourth-order valence-electron chi connectivity index (χ4n) is 1.03. The minimum Gasteiger partial charge on any atom is -0.0949 e. The molecule has 1 aromatic rings. The fraction of sp³-hybridized carbons (Fsp3) is 0.273. The van der Waals surface area contributed by atoms with Gasteiger partial charge in [-0.1, -0.05) is 54.6 Å². The van der Waals surface area contributed by atoms with Gasteiger partial charge in [0, 0.05) is 4.47 Å². The van der Waals surface area contributed by atoms with Crippen molar-refractivity contribution in [2.24, 2.45) is 5.92 Å². The number of hydrogen-bond acceptors (Lipinski definition) is 0. The van der Waals surface area contributed by atoms with E-state index in [0.717, 1.165) is 4.47 Å². The molecule has 0 radical (unpaired) electrons. The van der Waals surface area contributed by atoms with Crippen molar-refractivity contribution in [1.82, 2.24) is 0 Å². The molecule has 1 aromatic carbocycles. The van der Waals surface area contributed by atoms with Crippen LogP contribution in [-0.2, 0) is 0 Å². The van der Waals surface area contributed by atoms with E-state index in [9.17, 15) is 0 Å². The van der Waals surface area contributed by atoms with Crippen LogP contribution < -0.4 is 0 Å². The molecule has 0 aromatic heterocycles. The predicted octanol–water partition coefficient (Wildman–Crippen LogP) is 4.12. The largest absolute Gasteiger partial charge is 0.0949 e. The third kappa shape index (κ3) is 1.98. The Morgan fingerprint density at radius 1 is 1.33 bits per heavy atom. The second-order valence-corrected chi connectivity index (χ2v) is 4.01. The molecule has 0 heterocycles. The second-order valence-electron chi connectivity index (χ2n) is 3.16. The molecule has 0 amide bonds. The van der Waals surface area contributed by atoms with E-state index < -0.39 is 0 Å². The quantitative estimate of drug-likeness (QED) is 0.710. The van der Waals surface area contributed by atoms with Crippen LogP contribution in [0.4, 0.5) is 0 Å². The number of rotatable bonds is 2. The van der Waals surface area contributed by atoms with Gasteiger partial charge in [-0.05, 0) is 23.1 Å². The number of allylic oxidation sites excluding steroid dienone is 1. The van der Waals surface area contributed by atoms with Crippen molar-refractivity contribution in [2.45, 2.75) is 13.8 Å². The zero-order valence-electron chi connectivity index (χ0n) is 7.47. The molecule has 0 nitrogen and oxygen atoms in total. The average molecular weight is 225 g/mol. The number of hydrogen-bond donors (Lipinski definition) is 0. The molecule has 0 fully saturated rings. The van der Waals surface area contributed by atoms with Crippen LogP contribution in [0, 0.1) is 5.92 Å². The molecule has 0 aliphatic rings. The molecule has 0 unspecified atom stereocenters. The van der Waals surface area contributed by atoms with Gasteiger partial charge in [0.1, 0.15) is 0 Å². The van der Waals surface area contributed by atoms with E-state index in [4.69, 9.17) is 0 Å².